The Morgan fingerprint density at radius 3 is 2.65 bits per heavy atom. The van der Waals surface area contributed by atoms with Crippen LogP contribution in [0.25, 0.3) is 5.69 Å². The van der Waals surface area contributed by atoms with Crippen molar-refractivity contribution in [3.8, 4) is 5.69 Å². The number of para-hydroxylation sites is 1. The summed E-state index contributed by atoms with van der Waals surface area (Å²) in [5.41, 5.74) is 2.22. The van der Waals surface area contributed by atoms with E-state index in [1.54, 1.807) is 0 Å². The van der Waals surface area contributed by atoms with Crippen molar-refractivity contribution >= 4 is 5.95 Å². The van der Waals surface area contributed by atoms with Crippen molar-refractivity contribution < 1.29 is 0 Å². The Hall–Kier alpha value is -1.77. The minimum absolute atomic E-state index is 0.549. The first-order chi connectivity index (χ1) is 9.74. The second-order valence-corrected chi connectivity index (χ2v) is 5.92. The van der Waals surface area contributed by atoms with Gasteiger partial charge in [0.2, 0.25) is 5.95 Å². The predicted molar refractivity (Wildman–Crippen MR) is 83.3 cm³/mol. The number of hydrogen-bond acceptors (Lipinski definition) is 2. The molecule has 3 nitrogen and oxygen atoms in total. The van der Waals surface area contributed by atoms with E-state index >= 15 is 0 Å². The average molecular weight is 269 g/mol. The molecular weight excluding hydrogens is 246 g/mol. The molecule has 0 radical (unpaired) electrons. The van der Waals surface area contributed by atoms with E-state index in [9.17, 15) is 0 Å². The zero-order chi connectivity index (χ0) is 13.9. The molecule has 1 aliphatic rings. The predicted octanol–water partition coefficient (Wildman–Crippen LogP) is 4.17. The first-order valence-electron chi connectivity index (χ1n) is 7.62. The highest BCUT2D eigenvalue weighted by atomic mass is 15.2. The van der Waals surface area contributed by atoms with Gasteiger partial charge in [-0.1, -0.05) is 38.0 Å². The Kier molecular flexibility index (Phi) is 3.77. The molecule has 1 aromatic carbocycles. The molecule has 106 valence electrons. The number of anilines is 1. The minimum Gasteiger partial charge on any atom is -0.352 e. The zero-order valence-electron chi connectivity index (χ0n) is 12.3. The molecular formula is C17H23N3. The van der Waals surface area contributed by atoms with Gasteiger partial charge in [0.15, 0.2) is 0 Å². The highest BCUT2D eigenvalue weighted by molar-refractivity contribution is 5.43. The van der Waals surface area contributed by atoms with E-state index in [1.165, 1.54) is 31.4 Å². The topological polar surface area (TPSA) is 29.9 Å². The van der Waals surface area contributed by atoms with Gasteiger partial charge in [0.25, 0.3) is 0 Å². The number of imidazole rings is 1. The number of benzene rings is 1. The van der Waals surface area contributed by atoms with Crippen LogP contribution in [0.15, 0.2) is 36.5 Å². The summed E-state index contributed by atoms with van der Waals surface area (Å²) in [6.45, 7) is 4.40. The Labute approximate surface area is 121 Å². The van der Waals surface area contributed by atoms with E-state index in [0.717, 1.165) is 17.6 Å². The van der Waals surface area contributed by atoms with E-state index in [2.05, 4.69) is 59.2 Å². The third kappa shape index (κ3) is 2.72. The van der Waals surface area contributed by atoms with Crippen molar-refractivity contribution in [2.45, 2.75) is 45.6 Å². The second kappa shape index (κ2) is 5.70. The van der Waals surface area contributed by atoms with Crippen LogP contribution in [0.3, 0.4) is 0 Å². The number of nitrogens with one attached hydrogen (secondary N) is 1. The summed E-state index contributed by atoms with van der Waals surface area (Å²) in [4.78, 5) is 4.67. The molecule has 20 heavy (non-hydrogen) atoms. The Morgan fingerprint density at radius 2 is 1.90 bits per heavy atom. The Bertz CT molecular complexity index is 559. The van der Waals surface area contributed by atoms with Crippen molar-refractivity contribution in [1.82, 2.24) is 9.55 Å². The van der Waals surface area contributed by atoms with Crippen LogP contribution in [-0.2, 0) is 0 Å². The number of aryl methyl sites for hydroxylation is 1. The van der Waals surface area contributed by atoms with Gasteiger partial charge in [0.1, 0.15) is 0 Å². The summed E-state index contributed by atoms with van der Waals surface area (Å²) in [5, 5.41) is 3.67. The quantitative estimate of drug-likeness (QED) is 0.906. The van der Waals surface area contributed by atoms with Crippen LogP contribution in [0.4, 0.5) is 5.95 Å². The number of aromatic nitrogens is 2. The van der Waals surface area contributed by atoms with Crippen LogP contribution >= 0.6 is 0 Å². The van der Waals surface area contributed by atoms with E-state index < -0.39 is 0 Å². The lowest BCUT2D eigenvalue weighted by molar-refractivity contribution is 0.348. The van der Waals surface area contributed by atoms with Gasteiger partial charge in [-0.2, -0.15) is 0 Å². The third-order valence-electron chi connectivity index (χ3n) is 4.29. The van der Waals surface area contributed by atoms with Crippen molar-refractivity contribution in [2.24, 2.45) is 5.92 Å². The Balaban J connectivity index is 1.86. The van der Waals surface area contributed by atoms with E-state index in [-0.39, 0.29) is 0 Å². The highest BCUT2D eigenvalue weighted by Crippen LogP contribution is 2.27. The first kappa shape index (κ1) is 13.2. The molecule has 0 bridgehead atoms. The lowest BCUT2D eigenvalue weighted by Crippen LogP contribution is -2.31. The Morgan fingerprint density at radius 1 is 1.15 bits per heavy atom. The van der Waals surface area contributed by atoms with Gasteiger partial charge in [-0.3, -0.25) is 4.57 Å². The maximum absolute atomic E-state index is 4.67. The monoisotopic (exact) mass is 269 g/mol. The number of rotatable bonds is 3. The fourth-order valence-corrected chi connectivity index (χ4v) is 3.08. The van der Waals surface area contributed by atoms with Gasteiger partial charge < -0.3 is 5.32 Å². The lowest BCUT2D eigenvalue weighted by atomic mass is 9.86. The summed E-state index contributed by atoms with van der Waals surface area (Å²) < 4.78 is 2.16. The van der Waals surface area contributed by atoms with Gasteiger partial charge in [0, 0.05) is 17.9 Å². The molecule has 1 aliphatic carbocycles. The summed E-state index contributed by atoms with van der Waals surface area (Å²) in [6, 6.07) is 11.0. The summed E-state index contributed by atoms with van der Waals surface area (Å²) in [7, 11) is 0. The summed E-state index contributed by atoms with van der Waals surface area (Å²) in [5.74, 6) is 1.71. The molecule has 3 heteroatoms. The maximum Gasteiger partial charge on any atom is 0.207 e. The molecule has 1 aromatic heterocycles. The molecule has 1 fully saturated rings. The van der Waals surface area contributed by atoms with Crippen LogP contribution in [0.1, 0.15) is 38.3 Å². The highest BCUT2D eigenvalue weighted by Gasteiger charge is 2.22. The van der Waals surface area contributed by atoms with E-state index in [0.29, 0.717) is 6.04 Å². The van der Waals surface area contributed by atoms with Crippen LogP contribution in [0, 0.1) is 12.8 Å². The molecule has 0 aliphatic heterocycles. The fraction of sp³-hybridized carbons (Fsp3) is 0.471. The van der Waals surface area contributed by atoms with Crippen molar-refractivity contribution in [2.75, 3.05) is 5.32 Å². The average Bonchev–Trinajstić information content (AvgIpc) is 2.83. The van der Waals surface area contributed by atoms with Gasteiger partial charge in [0.05, 0.1) is 5.69 Å². The molecule has 1 N–H and O–H groups in total. The van der Waals surface area contributed by atoms with Gasteiger partial charge in [-0.05, 0) is 37.8 Å². The summed E-state index contributed by atoms with van der Waals surface area (Å²) >= 11 is 0. The largest absolute Gasteiger partial charge is 0.352 e. The van der Waals surface area contributed by atoms with E-state index in [1.807, 2.05) is 6.07 Å². The lowest BCUT2D eigenvalue weighted by Gasteiger charge is -2.30. The van der Waals surface area contributed by atoms with Gasteiger partial charge in [-0.25, -0.2) is 4.98 Å². The minimum atomic E-state index is 0.549. The van der Waals surface area contributed by atoms with Crippen LogP contribution in [0.2, 0.25) is 0 Å². The third-order valence-corrected chi connectivity index (χ3v) is 4.29. The van der Waals surface area contributed by atoms with Crippen molar-refractivity contribution in [3.05, 3.63) is 42.2 Å². The first-order valence-corrected chi connectivity index (χ1v) is 7.62. The molecule has 3 rings (SSSR count). The zero-order valence-corrected chi connectivity index (χ0v) is 12.3. The van der Waals surface area contributed by atoms with Crippen LogP contribution < -0.4 is 5.32 Å². The molecule has 1 heterocycles. The smallest absolute Gasteiger partial charge is 0.207 e. The molecule has 0 saturated heterocycles. The van der Waals surface area contributed by atoms with Crippen molar-refractivity contribution in [1.29, 1.82) is 0 Å². The molecule has 1 saturated carbocycles. The van der Waals surface area contributed by atoms with Crippen LogP contribution in [0.5, 0.6) is 0 Å². The molecule has 0 spiro atoms. The number of nitrogens with zero attached hydrogens (tertiary/aromatic N) is 2. The van der Waals surface area contributed by atoms with Crippen LogP contribution in [-0.4, -0.2) is 15.6 Å². The standard InChI is InChI=1S/C17H23N3/c1-13-8-6-7-11-16(13)19-17-18-14(2)12-20(17)15-9-4-3-5-10-15/h3-5,9-10,12-13,16H,6-8,11H2,1-2H3,(H,18,19). The van der Waals surface area contributed by atoms with E-state index in [4.69, 9.17) is 0 Å². The maximum atomic E-state index is 4.67. The molecule has 2 atom stereocenters. The molecule has 2 unspecified atom stereocenters. The van der Waals surface area contributed by atoms with Crippen molar-refractivity contribution in [3.63, 3.8) is 0 Å². The van der Waals surface area contributed by atoms with Gasteiger partial charge >= 0.3 is 0 Å². The molecule has 2 aromatic rings. The number of hydrogen-bond donors (Lipinski definition) is 1. The van der Waals surface area contributed by atoms with Gasteiger partial charge in [-0.15, -0.1) is 0 Å². The SMILES string of the molecule is Cc1cn(-c2ccccc2)c(NC2CCCCC2C)n1. The molecule has 0 amide bonds. The normalized spacial score (nSPS) is 22.7. The second-order valence-electron chi connectivity index (χ2n) is 5.92. The fourth-order valence-electron chi connectivity index (χ4n) is 3.08. The summed E-state index contributed by atoms with van der Waals surface area (Å²) in [6.07, 6.45) is 7.37.